The van der Waals surface area contributed by atoms with E-state index in [1.54, 1.807) is 12.4 Å². The molecule has 132 valence electrons. The molecule has 0 saturated carbocycles. The molecule has 1 amide bonds. The Morgan fingerprint density at radius 3 is 2.64 bits per heavy atom. The molecular formula is C19H22ClN3O2. The number of hydrogen-bond donors (Lipinski definition) is 1. The molecule has 6 heteroatoms. The second kappa shape index (κ2) is 8.94. The highest BCUT2D eigenvalue weighted by Gasteiger charge is 2.18. The molecule has 1 aliphatic rings. The molecule has 25 heavy (non-hydrogen) atoms. The van der Waals surface area contributed by atoms with Gasteiger partial charge in [0.1, 0.15) is 0 Å². The standard InChI is InChI=1S/C19H22ClN3O2/c20-17-5-3-15(4-6-17)19(16-2-1-8-21-14-16)22-18(24)7-9-23-10-12-25-13-11-23/h1-6,8,14,19H,7,9-13H2,(H,22,24)/t19-/m0/s1. The van der Waals surface area contributed by atoms with Gasteiger partial charge in [-0.15, -0.1) is 0 Å². The molecule has 1 aliphatic heterocycles. The molecule has 2 aromatic rings. The van der Waals surface area contributed by atoms with Crippen LogP contribution in [0.4, 0.5) is 0 Å². The number of nitrogens with zero attached hydrogens (tertiary/aromatic N) is 2. The van der Waals surface area contributed by atoms with E-state index in [0.29, 0.717) is 11.4 Å². The van der Waals surface area contributed by atoms with Crippen LogP contribution in [-0.2, 0) is 9.53 Å². The van der Waals surface area contributed by atoms with Crippen molar-refractivity contribution < 1.29 is 9.53 Å². The maximum atomic E-state index is 12.5. The number of carbonyl (C=O) groups excluding carboxylic acids is 1. The van der Waals surface area contributed by atoms with Crippen molar-refractivity contribution in [2.24, 2.45) is 0 Å². The highest BCUT2D eigenvalue weighted by molar-refractivity contribution is 6.30. The predicted molar refractivity (Wildman–Crippen MR) is 97.6 cm³/mol. The maximum Gasteiger partial charge on any atom is 0.222 e. The summed E-state index contributed by atoms with van der Waals surface area (Å²) < 4.78 is 5.34. The molecule has 0 aliphatic carbocycles. The summed E-state index contributed by atoms with van der Waals surface area (Å²) in [4.78, 5) is 18.9. The number of hydrogen-bond acceptors (Lipinski definition) is 4. The van der Waals surface area contributed by atoms with Gasteiger partial charge in [-0.2, -0.15) is 0 Å². The number of nitrogens with one attached hydrogen (secondary N) is 1. The molecule has 5 nitrogen and oxygen atoms in total. The van der Waals surface area contributed by atoms with Crippen LogP contribution in [0.1, 0.15) is 23.6 Å². The third-order valence-electron chi connectivity index (χ3n) is 4.29. The molecule has 0 spiro atoms. The lowest BCUT2D eigenvalue weighted by atomic mass is 10.00. The van der Waals surface area contributed by atoms with Crippen LogP contribution >= 0.6 is 11.6 Å². The molecule has 3 rings (SSSR count). The molecule has 1 atom stereocenters. The van der Waals surface area contributed by atoms with Gasteiger partial charge >= 0.3 is 0 Å². The summed E-state index contributed by atoms with van der Waals surface area (Å²) >= 11 is 5.99. The maximum absolute atomic E-state index is 12.5. The van der Waals surface area contributed by atoms with Crippen LogP contribution in [-0.4, -0.2) is 48.6 Å². The molecule has 1 N–H and O–H groups in total. The van der Waals surface area contributed by atoms with Crippen molar-refractivity contribution in [1.82, 2.24) is 15.2 Å². The van der Waals surface area contributed by atoms with Gasteiger partial charge in [0.05, 0.1) is 19.3 Å². The fourth-order valence-electron chi connectivity index (χ4n) is 2.88. The van der Waals surface area contributed by atoms with E-state index < -0.39 is 0 Å². The lowest BCUT2D eigenvalue weighted by Gasteiger charge is -2.26. The van der Waals surface area contributed by atoms with E-state index in [-0.39, 0.29) is 11.9 Å². The van der Waals surface area contributed by atoms with Gasteiger partial charge in [-0.05, 0) is 29.3 Å². The number of rotatable bonds is 6. The Morgan fingerprint density at radius 2 is 1.96 bits per heavy atom. The number of pyridine rings is 1. The first-order valence-corrected chi connectivity index (χ1v) is 8.85. The first-order valence-electron chi connectivity index (χ1n) is 8.47. The van der Waals surface area contributed by atoms with E-state index in [2.05, 4.69) is 15.2 Å². The number of halogens is 1. The topological polar surface area (TPSA) is 54.5 Å². The second-order valence-corrected chi connectivity index (χ2v) is 6.48. The van der Waals surface area contributed by atoms with Crippen LogP contribution in [0.15, 0.2) is 48.8 Å². The monoisotopic (exact) mass is 359 g/mol. The molecule has 1 aromatic heterocycles. The van der Waals surface area contributed by atoms with Crippen LogP contribution in [0.5, 0.6) is 0 Å². The molecule has 0 unspecified atom stereocenters. The van der Waals surface area contributed by atoms with Crippen molar-refractivity contribution in [3.8, 4) is 0 Å². The third kappa shape index (κ3) is 5.26. The normalized spacial score (nSPS) is 16.4. The van der Waals surface area contributed by atoms with Gasteiger partial charge in [0.2, 0.25) is 5.91 Å². The van der Waals surface area contributed by atoms with Gasteiger partial charge < -0.3 is 10.1 Å². The SMILES string of the molecule is O=C(CCN1CCOCC1)N[C@@H](c1ccc(Cl)cc1)c1cccnc1. The summed E-state index contributed by atoms with van der Waals surface area (Å²) in [5.74, 6) is 0.0234. The summed E-state index contributed by atoms with van der Waals surface area (Å²) in [6.45, 7) is 4.00. The molecule has 1 saturated heterocycles. The average molecular weight is 360 g/mol. The minimum atomic E-state index is -0.233. The molecule has 1 aromatic carbocycles. The number of aromatic nitrogens is 1. The quantitative estimate of drug-likeness (QED) is 0.861. The van der Waals surface area contributed by atoms with Crippen LogP contribution in [0.3, 0.4) is 0 Å². The van der Waals surface area contributed by atoms with E-state index in [1.807, 2.05) is 36.4 Å². The lowest BCUT2D eigenvalue weighted by Crippen LogP contribution is -2.39. The third-order valence-corrected chi connectivity index (χ3v) is 4.54. The van der Waals surface area contributed by atoms with Crippen LogP contribution in [0.25, 0.3) is 0 Å². The molecule has 0 bridgehead atoms. The number of morpholine rings is 1. The van der Waals surface area contributed by atoms with E-state index >= 15 is 0 Å². The molecule has 1 fully saturated rings. The number of carbonyl (C=O) groups is 1. The molecular weight excluding hydrogens is 338 g/mol. The van der Waals surface area contributed by atoms with Crippen LogP contribution < -0.4 is 5.32 Å². The zero-order valence-corrected chi connectivity index (χ0v) is 14.8. The van der Waals surface area contributed by atoms with Gasteiger partial charge in [0.25, 0.3) is 0 Å². The highest BCUT2D eigenvalue weighted by atomic mass is 35.5. The average Bonchev–Trinajstić information content (AvgIpc) is 2.67. The van der Waals surface area contributed by atoms with Gasteiger partial charge in [-0.1, -0.05) is 29.8 Å². The van der Waals surface area contributed by atoms with Crippen molar-refractivity contribution in [2.75, 3.05) is 32.8 Å². The van der Waals surface area contributed by atoms with Crippen molar-refractivity contribution in [1.29, 1.82) is 0 Å². The van der Waals surface area contributed by atoms with Crippen LogP contribution in [0, 0.1) is 0 Å². The summed E-state index contributed by atoms with van der Waals surface area (Å²) in [6, 6.07) is 11.1. The Balaban J connectivity index is 1.66. The number of benzene rings is 1. The van der Waals surface area contributed by atoms with E-state index in [9.17, 15) is 4.79 Å². The fraction of sp³-hybridized carbons (Fsp3) is 0.368. The minimum absolute atomic E-state index is 0.0234. The Bertz CT molecular complexity index is 673. The smallest absolute Gasteiger partial charge is 0.222 e. The van der Waals surface area contributed by atoms with Crippen molar-refractivity contribution >= 4 is 17.5 Å². The van der Waals surface area contributed by atoms with Gasteiger partial charge in [-0.25, -0.2) is 0 Å². The lowest BCUT2D eigenvalue weighted by molar-refractivity contribution is -0.122. The Hall–Kier alpha value is -1.95. The van der Waals surface area contributed by atoms with E-state index in [1.165, 1.54) is 0 Å². The Morgan fingerprint density at radius 1 is 1.20 bits per heavy atom. The highest BCUT2D eigenvalue weighted by Crippen LogP contribution is 2.23. The summed E-state index contributed by atoms with van der Waals surface area (Å²) in [6.07, 6.45) is 3.97. The van der Waals surface area contributed by atoms with Gasteiger partial charge in [0, 0.05) is 43.5 Å². The van der Waals surface area contributed by atoms with E-state index in [0.717, 1.165) is 44.0 Å². The Kier molecular flexibility index (Phi) is 6.39. The van der Waals surface area contributed by atoms with Crippen molar-refractivity contribution in [3.63, 3.8) is 0 Å². The number of ether oxygens (including phenoxy) is 1. The zero-order valence-electron chi connectivity index (χ0n) is 14.0. The summed E-state index contributed by atoms with van der Waals surface area (Å²) in [5.41, 5.74) is 1.93. The minimum Gasteiger partial charge on any atom is -0.379 e. The molecule has 2 heterocycles. The predicted octanol–water partition coefficient (Wildman–Crippen LogP) is 2.66. The summed E-state index contributed by atoms with van der Waals surface area (Å²) in [7, 11) is 0. The number of amides is 1. The zero-order chi connectivity index (χ0) is 17.5. The first kappa shape index (κ1) is 17.9. The Labute approximate surface area is 153 Å². The summed E-state index contributed by atoms with van der Waals surface area (Å²) in [5, 5.41) is 3.80. The van der Waals surface area contributed by atoms with Gasteiger partial charge in [0.15, 0.2) is 0 Å². The molecule has 0 radical (unpaired) electrons. The largest absolute Gasteiger partial charge is 0.379 e. The van der Waals surface area contributed by atoms with Gasteiger partial charge in [-0.3, -0.25) is 14.7 Å². The second-order valence-electron chi connectivity index (χ2n) is 6.04. The van der Waals surface area contributed by atoms with Crippen molar-refractivity contribution in [2.45, 2.75) is 12.5 Å². The van der Waals surface area contributed by atoms with Crippen LogP contribution in [0.2, 0.25) is 5.02 Å². The first-order chi connectivity index (χ1) is 12.2. The fourth-order valence-corrected chi connectivity index (χ4v) is 3.00. The van der Waals surface area contributed by atoms with Crippen molar-refractivity contribution in [3.05, 3.63) is 64.9 Å². The van der Waals surface area contributed by atoms with E-state index in [4.69, 9.17) is 16.3 Å².